The van der Waals surface area contributed by atoms with Gasteiger partial charge in [0, 0.05) is 5.92 Å². The molecule has 0 heterocycles. The van der Waals surface area contributed by atoms with Crippen LogP contribution in [0.2, 0.25) is 0 Å². The number of carbonyl (C=O) groups excluding carboxylic acids is 1. The second-order valence-corrected chi connectivity index (χ2v) is 3.77. The second kappa shape index (κ2) is 2.47. The predicted molar refractivity (Wildman–Crippen MR) is 44.2 cm³/mol. The molecule has 0 aliphatic heterocycles. The molecule has 0 N–H and O–H groups in total. The van der Waals surface area contributed by atoms with Gasteiger partial charge in [0.15, 0.2) is 5.78 Å². The highest BCUT2D eigenvalue weighted by Gasteiger charge is 2.34. The van der Waals surface area contributed by atoms with Crippen LogP contribution in [0.4, 0.5) is 0 Å². The zero-order chi connectivity index (χ0) is 7.84. The van der Waals surface area contributed by atoms with E-state index < -0.39 is 0 Å². The maximum atomic E-state index is 11.5. The Hall–Kier alpha value is -0.590. The Kier molecular flexibility index (Phi) is 1.59. The van der Waals surface area contributed by atoms with Crippen molar-refractivity contribution in [3.63, 3.8) is 0 Å². The van der Waals surface area contributed by atoms with E-state index >= 15 is 0 Å². The fourth-order valence-electron chi connectivity index (χ4n) is 2.38. The lowest BCUT2D eigenvalue weighted by atomic mass is 9.81. The molecule has 2 atom stereocenters. The second-order valence-electron chi connectivity index (χ2n) is 3.77. The standard InChI is InChI=1S/C10H14O/c1-7-6-8-4-2-3-5-9(8)10(7)11/h6,8-9H,2-5H2,1H3/t8-,9-/m0/s1. The van der Waals surface area contributed by atoms with E-state index in [1.807, 2.05) is 6.92 Å². The van der Waals surface area contributed by atoms with E-state index in [2.05, 4.69) is 6.08 Å². The molecule has 0 bridgehead atoms. The van der Waals surface area contributed by atoms with Gasteiger partial charge in [-0.05, 0) is 31.3 Å². The summed E-state index contributed by atoms with van der Waals surface area (Å²) in [6.45, 7) is 1.96. The summed E-state index contributed by atoms with van der Waals surface area (Å²) in [5.41, 5.74) is 1.02. The van der Waals surface area contributed by atoms with Crippen LogP contribution < -0.4 is 0 Å². The fourth-order valence-corrected chi connectivity index (χ4v) is 2.38. The first-order chi connectivity index (χ1) is 5.29. The summed E-state index contributed by atoms with van der Waals surface area (Å²) in [7, 11) is 0. The smallest absolute Gasteiger partial charge is 0.161 e. The molecule has 0 unspecified atom stereocenters. The van der Waals surface area contributed by atoms with Crippen LogP contribution in [-0.4, -0.2) is 5.78 Å². The number of allylic oxidation sites excluding steroid dienone is 2. The molecule has 0 aromatic heterocycles. The summed E-state index contributed by atoms with van der Waals surface area (Å²) in [5, 5.41) is 0. The van der Waals surface area contributed by atoms with Gasteiger partial charge in [0.05, 0.1) is 0 Å². The summed E-state index contributed by atoms with van der Waals surface area (Å²) in [5.74, 6) is 1.41. The Bertz CT molecular complexity index is 215. The molecule has 0 saturated heterocycles. The van der Waals surface area contributed by atoms with Gasteiger partial charge in [0.25, 0.3) is 0 Å². The monoisotopic (exact) mass is 150 g/mol. The van der Waals surface area contributed by atoms with Crippen molar-refractivity contribution in [2.24, 2.45) is 11.8 Å². The topological polar surface area (TPSA) is 17.1 Å². The first-order valence-corrected chi connectivity index (χ1v) is 4.51. The Morgan fingerprint density at radius 1 is 1.36 bits per heavy atom. The van der Waals surface area contributed by atoms with Crippen LogP contribution >= 0.6 is 0 Å². The third-order valence-corrected chi connectivity index (χ3v) is 3.01. The molecule has 2 rings (SSSR count). The molecule has 1 heteroatoms. The lowest BCUT2D eigenvalue weighted by molar-refractivity contribution is -0.119. The summed E-state index contributed by atoms with van der Waals surface area (Å²) in [4.78, 5) is 11.5. The quantitative estimate of drug-likeness (QED) is 0.518. The molecule has 0 amide bonds. The third-order valence-electron chi connectivity index (χ3n) is 3.01. The van der Waals surface area contributed by atoms with Crippen LogP contribution in [-0.2, 0) is 4.79 Å². The van der Waals surface area contributed by atoms with Crippen LogP contribution in [0.15, 0.2) is 11.6 Å². The molecule has 1 saturated carbocycles. The summed E-state index contributed by atoms with van der Waals surface area (Å²) >= 11 is 0. The van der Waals surface area contributed by atoms with Crippen molar-refractivity contribution in [2.45, 2.75) is 32.6 Å². The first kappa shape index (κ1) is 7.08. The summed E-state index contributed by atoms with van der Waals surface area (Å²) in [6.07, 6.45) is 7.14. The van der Waals surface area contributed by atoms with Gasteiger partial charge < -0.3 is 0 Å². The number of ketones is 1. The van der Waals surface area contributed by atoms with Gasteiger partial charge in [-0.2, -0.15) is 0 Å². The van der Waals surface area contributed by atoms with Crippen LogP contribution in [0.5, 0.6) is 0 Å². The molecule has 0 aromatic rings. The van der Waals surface area contributed by atoms with Crippen LogP contribution in [0.25, 0.3) is 0 Å². The average molecular weight is 150 g/mol. The van der Waals surface area contributed by atoms with E-state index in [4.69, 9.17) is 0 Å². The number of carbonyl (C=O) groups is 1. The molecule has 0 spiro atoms. The number of Topliss-reactive ketones (excluding diaryl/α,β-unsaturated/α-hetero) is 1. The minimum absolute atomic E-state index is 0.378. The SMILES string of the molecule is CC1=C[C@@H]2CCCC[C@@H]2C1=O. The van der Waals surface area contributed by atoms with Gasteiger partial charge in [-0.25, -0.2) is 0 Å². The van der Waals surface area contributed by atoms with Crippen molar-refractivity contribution in [3.05, 3.63) is 11.6 Å². The molecule has 0 aromatic carbocycles. The minimum atomic E-state index is 0.378. The Balaban J connectivity index is 2.20. The number of fused-ring (bicyclic) bond motifs is 1. The summed E-state index contributed by atoms with van der Waals surface area (Å²) < 4.78 is 0. The van der Waals surface area contributed by atoms with Gasteiger partial charge in [-0.1, -0.05) is 18.9 Å². The molecular formula is C10H14O. The molecule has 1 fully saturated rings. The van der Waals surface area contributed by atoms with Gasteiger partial charge in [0.2, 0.25) is 0 Å². The van der Waals surface area contributed by atoms with Crippen molar-refractivity contribution in [1.82, 2.24) is 0 Å². The highest BCUT2D eigenvalue weighted by atomic mass is 16.1. The van der Waals surface area contributed by atoms with Gasteiger partial charge in [0.1, 0.15) is 0 Å². The van der Waals surface area contributed by atoms with Crippen LogP contribution in [0.3, 0.4) is 0 Å². The third kappa shape index (κ3) is 1.03. The van der Waals surface area contributed by atoms with Crippen molar-refractivity contribution >= 4 is 5.78 Å². The van der Waals surface area contributed by atoms with E-state index in [1.165, 1.54) is 19.3 Å². The lowest BCUT2D eigenvalue weighted by Crippen LogP contribution is -2.20. The molecule has 60 valence electrons. The summed E-state index contributed by atoms with van der Waals surface area (Å²) in [6, 6.07) is 0. The highest BCUT2D eigenvalue weighted by Crippen LogP contribution is 2.38. The highest BCUT2D eigenvalue weighted by molar-refractivity contribution is 5.99. The fraction of sp³-hybridized carbons (Fsp3) is 0.700. The van der Waals surface area contributed by atoms with Crippen molar-refractivity contribution in [3.8, 4) is 0 Å². The van der Waals surface area contributed by atoms with Crippen LogP contribution in [0.1, 0.15) is 32.6 Å². The Morgan fingerprint density at radius 2 is 2.09 bits per heavy atom. The molecule has 1 nitrogen and oxygen atoms in total. The van der Waals surface area contributed by atoms with E-state index in [1.54, 1.807) is 0 Å². The van der Waals surface area contributed by atoms with E-state index in [9.17, 15) is 4.79 Å². The van der Waals surface area contributed by atoms with Crippen molar-refractivity contribution in [2.75, 3.05) is 0 Å². The Labute approximate surface area is 67.5 Å². The van der Waals surface area contributed by atoms with E-state index in [0.717, 1.165) is 12.0 Å². The maximum Gasteiger partial charge on any atom is 0.161 e. The predicted octanol–water partition coefficient (Wildman–Crippen LogP) is 2.32. The molecular weight excluding hydrogens is 136 g/mol. The lowest BCUT2D eigenvalue weighted by Gasteiger charge is -2.22. The van der Waals surface area contributed by atoms with Gasteiger partial charge >= 0.3 is 0 Å². The molecule has 2 aliphatic rings. The zero-order valence-corrected chi connectivity index (χ0v) is 6.97. The molecule has 11 heavy (non-hydrogen) atoms. The molecule has 0 radical (unpaired) electrons. The zero-order valence-electron chi connectivity index (χ0n) is 6.97. The average Bonchev–Trinajstić information content (AvgIpc) is 2.30. The van der Waals surface area contributed by atoms with Crippen molar-refractivity contribution in [1.29, 1.82) is 0 Å². The van der Waals surface area contributed by atoms with E-state index in [0.29, 0.717) is 17.6 Å². The normalized spacial score (nSPS) is 36.8. The van der Waals surface area contributed by atoms with Crippen molar-refractivity contribution < 1.29 is 4.79 Å². The van der Waals surface area contributed by atoms with E-state index in [-0.39, 0.29) is 0 Å². The maximum absolute atomic E-state index is 11.5. The number of hydrogen-bond acceptors (Lipinski definition) is 1. The number of hydrogen-bond donors (Lipinski definition) is 0. The van der Waals surface area contributed by atoms with Gasteiger partial charge in [-0.3, -0.25) is 4.79 Å². The minimum Gasteiger partial charge on any atom is -0.294 e. The van der Waals surface area contributed by atoms with Crippen LogP contribution in [0, 0.1) is 11.8 Å². The molecule has 2 aliphatic carbocycles. The largest absolute Gasteiger partial charge is 0.294 e. The first-order valence-electron chi connectivity index (χ1n) is 4.51. The number of rotatable bonds is 0. The Morgan fingerprint density at radius 3 is 2.82 bits per heavy atom. The van der Waals surface area contributed by atoms with Gasteiger partial charge in [-0.15, -0.1) is 0 Å².